The number of hydrogen-bond acceptors (Lipinski definition) is 7. The van der Waals surface area contributed by atoms with Crippen LogP contribution in [0, 0.1) is 21.3 Å². The minimum atomic E-state index is -0.984. The van der Waals surface area contributed by atoms with Gasteiger partial charge in [-0.2, -0.15) is 0 Å². The zero-order valence-corrected chi connectivity index (χ0v) is 12.5. The summed E-state index contributed by atoms with van der Waals surface area (Å²) in [4.78, 5) is 14.3. The van der Waals surface area contributed by atoms with Gasteiger partial charge in [0.2, 0.25) is 5.75 Å². The van der Waals surface area contributed by atoms with Gasteiger partial charge in [-0.1, -0.05) is 0 Å². The summed E-state index contributed by atoms with van der Waals surface area (Å²) in [6.07, 6.45) is 1.00. The number of aromatic nitrogens is 2. The molecule has 3 rings (SSSR count). The van der Waals surface area contributed by atoms with Crippen LogP contribution in [0.5, 0.6) is 11.5 Å². The maximum absolute atomic E-state index is 13.3. The summed E-state index contributed by atoms with van der Waals surface area (Å²) in [5.41, 5.74) is 0.230. The molecule has 0 amide bonds. The number of halogens is 1. The van der Waals surface area contributed by atoms with Gasteiger partial charge in [0.05, 0.1) is 16.7 Å². The average molecular weight is 349 g/mol. The number of pyridine rings is 1. The van der Waals surface area contributed by atoms with Crippen molar-refractivity contribution >= 4 is 17.0 Å². The third kappa shape index (κ3) is 2.70. The first-order chi connectivity index (χ1) is 11.4. The summed E-state index contributed by atoms with van der Waals surface area (Å²) in [7, 11) is 0. The normalized spacial score (nSPS) is 10.7. The molecule has 0 saturated carbocycles. The van der Waals surface area contributed by atoms with Gasteiger partial charge in [-0.05, 0) is 6.07 Å². The molecule has 1 aromatic carbocycles. The van der Waals surface area contributed by atoms with Crippen molar-refractivity contribution in [3.63, 3.8) is 0 Å². The van der Waals surface area contributed by atoms with Crippen LogP contribution in [0.25, 0.3) is 21.8 Å². The fraction of sp³-hybridized carbons (Fsp3) is 0. The van der Waals surface area contributed by atoms with Crippen LogP contribution in [-0.2, 0) is 0 Å². The molecule has 0 atom stereocenters. The van der Waals surface area contributed by atoms with E-state index in [1.807, 2.05) is 0 Å². The Bertz CT molecular complexity index is 960. The van der Waals surface area contributed by atoms with Gasteiger partial charge in [-0.3, -0.25) is 10.1 Å². The number of nitrogens with zero attached hydrogens (tertiary/aromatic N) is 3. The van der Waals surface area contributed by atoms with Gasteiger partial charge in [0.15, 0.2) is 11.9 Å². The second kappa shape index (κ2) is 5.74. The van der Waals surface area contributed by atoms with E-state index in [-0.39, 0.29) is 10.3 Å². The summed E-state index contributed by atoms with van der Waals surface area (Å²) in [5, 5.41) is 43.0. The average Bonchev–Trinajstić information content (AvgIpc) is 3.02. The van der Waals surface area contributed by atoms with Crippen LogP contribution in [0.1, 0.15) is 0 Å². The number of rotatable bonds is 3. The van der Waals surface area contributed by atoms with Crippen molar-refractivity contribution in [1.82, 2.24) is 4.98 Å². The minimum absolute atomic E-state index is 0.0688. The first kappa shape index (κ1) is 15.6. The number of nitro groups is 1. The number of thiazole rings is 1. The van der Waals surface area contributed by atoms with Crippen LogP contribution in [0.3, 0.4) is 0 Å². The molecular formula is C14H8FN3O5S. The number of nitro benzene ring substituents is 1. The Morgan fingerprint density at radius 3 is 2.67 bits per heavy atom. The van der Waals surface area contributed by atoms with Crippen LogP contribution >= 0.6 is 11.3 Å². The highest BCUT2D eigenvalue weighted by atomic mass is 32.1. The molecule has 0 bridgehead atoms. The van der Waals surface area contributed by atoms with E-state index in [0.29, 0.717) is 16.3 Å². The van der Waals surface area contributed by atoms with Gasteiger partial charge < -0.3 is 15.4 Å². The molecule has 10 heteroatoms. The van der Waals surface area contributed by atoms with Gasteiger partial charge in [0, 0.05) is 28.6 Å². The second-order valence-corrected chi connectivity index (χ2v) is 5.58. The zero-order chi connectivity index (χ0) is 17.4. The van der Waals surface area contributed by atoms with Gasteiger partial charge in [-0.15, -0.1) is 20.5 Å². The van der Waals surface area contributed by atoms with E-state index in [9.17, 15) is 29.9 Å². The molecule has 0 aliphatic rings. The van der Waals surface area contributed by atoms with Gasteiger partial charge in [0.1, 0.15) is 5.01 Å². The smallest absolute Gasteiger partial charge is 0.371 e. The fourth-order valence-corrected chi connectivity index (χ4v) is 2.85. The maximum Gasteiger partial charge on any atom is 0.371 e. The monoisotopic (exact) mass is 349 g/mol. The van der Waals surface area contributed by atoms with E-state index in [4.69, 9.17) is 0 Å². The number of benzene rings is 1. The Kier molecular flexibility index (Phi) is 3.73. The summed E-state index contributed by atoms with van der Waals surface area (Å²) in [6, 6.07) is 4.62. The third-order valence-corrected chi connectivity index (χ3v) is 4.08. The molecular weight excluding hydrogens is 341 g/mol. The summed E-state index contributed by atoms with van der Waals surface area (Å²) in [5.74, 6) is -2.46. The fourth-order valence-electron chi connectivity index (χ4n) is 2.02. The molecule has 2 N–H and O–H groups in total. The van der Waals surface area contributed by atoms with Crippen molar-refractivity contribution in [1.29, 1.82) is 0 Å². The van der Waals surface area contributed by atoms with Crippen molar-refractivity contribution in [2.24, 2.45) is 0 Å². The first-order valence-electron chi connectivity index (χ1n) is 6.42. The molecule has 0 aliphatic carbocycles. The number of hydrogen-bond donors (Lipinski definition) is 2. The first-order valence-corrected chi connectivity index (χ1v) is 7.30. The van der Waals surface area contributed by atoms with Crippen LogP contribution < -0.4 is 4.73 Å². The van der Waals surface area contributed by atoms with Crippen molar-refractivity contribution < 1.29 is 24.3 Å². The highest BCUT2D eigenvalue weighted by molar-refractivity contribution is 7.13. The minimum Gasteiger partial charge on any atom is -0.617 e. The molecule has 3 aromatic rings. The zero-order valence-electron chi connectivity index (χ0n) is 11.7. The molecule has 0 saturated heterocycles. The lowest BCUT2D eigenvalue weighted by atomic mass is 10.1. The molecule has 0 spiro atoms. The standard InChI is InChI=1S/C14H8FN3O5S/c15-12-5-7(1-2-17(12)21)14-16-9(6-24-14)8-3-10(18(22)23)13(20)11(19)4-8/h1-6,19-20H. The molecule has 0 radical (unpaired) electrons. The second-order valence-electron chi connectivity index (χ2n) is 4.72. The van der Waals surface area contributed by atoms with Gasteiger partial charge in [-0.25, -0.2) is 4.98 Å². The highest BCUT2D eigenvalue weighted by Gasteiger charge is 2.21. The molecule has 0 unspecified atom stereocenters. The van der Waals surface area contributed by atoms with Crippen molar-refractivity contribution in [3.05, 3.63) is 57.1 Å². The van der Waals surface area contributed by atoms with E-state index in [1.165, 1.54) is 6.07 Å². The van der Waals surface area contributed by atoms with Gasteiger partial charge in [0.25, 0.3) is 0 Å². The Labute approximate surface area is 137 Å². The Balaban J connectivity index is 2.05. The topological polar surface area (TPSA) is 123 Å². The molecule has 0 aliphatic heterocycles. The quantitative estimate of drug-likeness (QED) is 0.187. The number of aromatic hydroxyl groups is 2. The lowest BCUT2D eigenvalue weighted by Gasteiger charge is -2.02. The molecule has 2 heterocycles. The predicted octanol–water partition coefficient (Wildman–Crippen LogP) is 2.57. The van der Waals surface area contributed by atoms with Crippen LogP contribution in [-0.4, -0.2) is 20.1 Å². The Hall–Kier alpha value is -3.27. The van der Waals surface area contributed by atoms with E-state index in [2.05, 4.69) is 4.98 Å². The number of phenolic OH excluding ortho intramolecular Hbond substituents is 2. The molecule has 24 heavy (non-hydrogen) atoms. The molecule has 2 aromatic heterocycles. The van der Waals surface area contributed by atoms with Crippen LogP contribution in [0.15, 0.2) is 35.8 Å². The number of phenols is 2. The van der Waals surface area contributed by atoms with Crippen molar-refractivity contribution in [2.45, 2.75) is 0 Å². The molecule has 0 fully saturated rings. The summed E-state index contributed by atoms with van der Waals surface area (Å²) < 4.78 is 13.4. The summed E-state index contributed by atoms with van der Waals surface area (Å²) >= 11 is 1.13. The van der Waals surface area contributed by atoms with E-state index < -0.39 is 28.1 Å². The van der Waals surface area contributed by atoms with E-state index in [1.54, 1.807) is 5.38 Å². The van der Waals surface area contributed by atoms with Gasteiger partial charge >= 0.3 is 11.6 Å². The highest BCUT2D eigenvalue weighted by Crippen LogP contribution is 2.40. The Morgan fingerprint density at radius 2 is 2.00 bits per heavy atom. The van der Waals surface area contributed by atoms with E-state index in [0.717, 1.165) is 35.7 Å². The maximum atomic E-state index is 13.3. The third-order valence-electron chi connectivity index (χ3n) is 3.19. The lowest BCUT2D eigenvalue weighted by Crippen LogP contribution is -2.29. The van der Waals surface area contributed by atoms with Crippen LogP contribution in [0.4, 0.5) is 10.1 Å². The molecule has 8 nitrogen and oxygen atoms in total. The predicted molar refractivity (Wildman–Crippen MR) is 81.9 cm³/mol. The van der Waals surface area contributed by atoms with Crippen molar-refractivity contribution in [3.8, 4) is 33.3 Å². The van der Waals surface area contributed by atoms with Crippen LogP contribution in [0.2, 0.25) is 0 Å². The van der Waals surface area contributed by atoms with E-state index >= 15 is 0 Å². The SMILES string of the molecule is O=[N+]([O-])c1cc(-c2csc(-c3cc[n+]([O-])c(F)c3)n2)cc(O)c1O. The lowest BCUT2D eigenvalue weighted by molar-refractivity contribution is -0.637. The Morgan fingerprint density at radius 1 is 1.25 bits per heavy atom. The summed E-state index contributed by atoms with van der Waals surface area (Å²) in [6.45, 7) is 0. The molecule has 122 valence electrons. The van der Waals surface area contributed by atoms with Crippen molar-refractivity contribution in [2.75, 3.05) is 0 Å². The largest absolute Gasteiger partial charge is 0.617 e.